The van der Waals surface area contributed by atoms with E-state index in [4.69, 9.17) is 5.73 Å². The quantitative estimate of drug-likeness (QED) is 0.495. The van der Waals surface area contributed by atoms with E-state index in [1.165, 1.54) is 38.9 Å². The number of fused-ring (bicyclic) bond motifs is 2. The Labute approximate surface area is 226 Å². The van der Waals surface area contributed by atoms with Crippen molar-refractivity contribution in [3.63, 3.8) is 0 Å². The van der Waals surface area contributed by atoms with Gasteiger partial charge in [-0.05, 0) is 69.1 Å². The molecule has 2 saturated heterocycles. The maximum atomic E-state index is 13.7. The van der Waals surface area contributed by atoms with E-state index < -0.39 is 0 Å². The summed E-state index contributed by atoms with van der Waals surface area (Å²) in [5.41, 5.74) is 8.25. The molecule has 3 aliphatic heterocycles. The Morgan fingerprint density at radius 3 is 2.21 bits per heavy atom. The van der Waals surface area contributed by atoms with Gasteiger partial charge in [0.15, 0.2) is 0 Å². The van der Waals surface area contributed by atoms with Gasteiger partial charge in [0.05, 0.1) is 29.2 Å². The maximum absolute atomic E-state index is 13.7. The number of piperidine rings is 1. The number of amides is 2. The summed E-state index contributed by atoms with van der Waals surface area (Å²) in [5, 5.41) is 2.97. The number of nitrogens with one attached hydrogen (secondary N) is 1. The SMILES string of the molecule is NCCN1CCN(CCCCC2CCN(CC(=O)N3c4ccccc4NC(=O)c4ccccc43)CC2)CC1. The van der Waals surface area contributed by atoms with Crippen LogP contribution in [0.25, 0.3) is 0 Å². The minimum Gasteiger partial charge on any atom is -0.329 e. The van der Waals surface area contributed by atoms with Crippen molar-refractivity contribution in [1.29, 1.82) is 0 Å². The van der Waals surface area contributed by atoms with Crippen molar-refractivity contribution < 1.29 is 9.59 Å². The molecule has 3 heterocycles. The standard InChI is InChI=1S/C30H42N6O2/c31-14-18-34-21-19-33(20-22-34)15-6-5-7-24-12-16-35(17-13-24)23-29(37)36-27-10-3-1-8-25(27)30(38)32-26-9-2-4-11-28(26)36/h1-4,8-11,24H,5-7,12-23,31H2,(H,32,38). The molecule has 0 aromatic heterocycles. The average Bonchev–Trinajstić information content (AvgIpc) is 3.07. The number of rotatable bonds is 9. The summed E-state index contributed by atoms with van der Waals surface area (Å²) >= 11 is 0. The number of carbonyl (C=O) groups is 2. The number of nitrogens with zero attached hydrogens (tertiary/aromatic N) is 4. The van der Waals surface area contributed by atoms with E-state index in [-0.39, 0.29) is 11.8 Å². The predicted molar refractivity (Wildman–Crippen MR) is 153 cm³/mol. The van der Waals surface area contributed by atoms with E-state index in [1.807, 2.05) is 42.5 Å². The molecule has 0 bridgehead atoms. The van der Waals surface area contributed by atoms with Gasteiger partial charge in [-0.3, -0.25) is 24.3 Å². The molecule has 3 N–H and O–H groups in total. The van der Waals surface area contributed by atoms with E-state index in [2.05, 4.69) is 20.0 Å². The van der Waals surface area contributed by atoms with Gasteiger partial charge in [-0.1, -0.05) is 37.1 Å². The van der Waals surface area contributed by atoms with Crippen LogP contribution in [0.1, 0.15) is 42.5 Å². The van der Waals surface area contributed by atoms with Crippen LogP contribution in [0.2, 0.25) is 0 Å². The van der Waals surface area contributed by atoms with E-state index in [0.717, 1.165) is 63.7 Å². The molecule has 8 nitrogen and oxygen atoms in total. The molecule has 0 atom stereocenters. The largest absolute Gasteiger partial charge is 0.329 e. The van der Waals surface area contributed by atoms with Crippen molar-refractivity contribution in [2.75, 3.05) is 75.7 Å². The Kier molecular flexibility index (Phi) is 9.06. The lowest BCUT2D eigenvalue weighted by Gasteiger charge is -2.35. The van der Waals surface area contributed by atoms with Crippen LogP contribution in [0.5, 0.6) is 0 Å². The number of carbonyl (C=O) groups excluding carboxylic acids is 2. The average molecular weight is 519 g/mol. The molecule has 2 aromatic carbocycles. The molecule has 0 spiro atoms. The lowest BCUT2D eigenvalue weighted by molar-refractivity contribution is -0.119. The second-order valence-electron chi connectivity index (χ2n) is 10.9. The zero-order valence-electron chi connectivity index (χ0n) is 22.5. The molecule has 2 aromatic rings. The van der Waals surface area contributed by atoms with Crippen molar-refractivity contribution in [2.45, 2.75) is 32.1 Å². The van der Waals surface area contributed by atoms with Crippen LogP contribution in [0.3, 0.4) is 0 Å². The van der Waals surface area contributed by atoms with Gasteiger partial charge in [-0.25, -0.2) is 0 Å². The highest BCUT2D eigenvalue weighted by molar-refractivity contribution is 6.17. The van der Waals surface area contributed by atoms with Gasteiger partial charge >= 0.3 is 0 Å². The van der Waals surface area contributed by atoms with Gasteiger partial charge in [0.1, 0.15) is 0 Å². The van der Waals surface area contributed by atoms with Gasteiger partial charge in [0.2, 0.25) is 5.91 Å². The Balaban J connectivity index is 1.09. The van der Waals surface area contributed by atoms with Gasteiger partial charge in [0.25, 0.3) is 5.91 Å². The number of likely N-dealkylation sites (tertiary alicyclic amines) is 1. The number of hydrogen-bond donors (Lipinski definition) is 2. The Bertz CT molecular complexity index is 1090. The van der Waals surface area contributed by atoms with Crippen LogP contribution in [-0.2, 0) is 4.79 Å². The Morgan fingerprint density at radius 1 is 0.816 bits per heavy atom. The molecule has 2 amide bonds. The highest BCUT2D eigenvalue weighted by Crippen LogP contribution is 2.38. The lowest BCUT2D eigenvalue weighted by Crippen LogP contribution is -2.47. The topological polar surface area (TPSA) is 85.2 Å². The van der Waals surface area contributed by atoms with Crippen LogP contribution in [0, 0.1) is 5.92 Å². The normalized spacial score (nSPS) is 19.5. The van der Waals surface area contributed by atoms with E-state index in [0.29, 0.717) is 23.5 Å². The third-order valence-electron chi connectivity index (χ3n) is 8.35. The fourth-order valence-electron chi connectivity index (χ4n) is 6.11. The third-order valence-corrected chi connectivity index (χ3v) is 8.35. The van der Waals surface area contributed by atoms with Crippen molar-refractivity contribution in [3.05, 3.63) is 54.1 Å². The third kappa shape index (κ3) is 6.43. The van der Waals surface area contributed by atoms with Crippen molar-refractivity contribution in [1.82, 2.24) is 14.7 Å². The number of hydrogen-bond acceptors (Lipinski definition) is 6. The molecule has 2 fully saturated rings. The monoisotopic (exact) mass is 518 g/mol. The second-order valence-corrected chi connectivity index (χ2v) is 10.9. The summed E-state index contributed by atoms with van der Waals surface area (Å²) in [5.74, 6) is 0.577. The first-order valence-electron chi connectivity index (χ1n) is 14.3. The summed E-state index contributed by atoms with van der Waals surface area (Å²) in [4.78, 5) is 35.6. The molecule has 0 radical (unpaired) electrons. The van der Waals surface area contributed by atoms with Crippen LogP contribution in [-0.4, -0.2) is 92.0 Å². The lowest BCUT2D eigenvalue weighted by atomic mass is 9.91. The van der Waals surface area contributed by atoms with Crippen LogP contribution in [0.15, 0.2) is 48.5 Å². The van der Waals surface area contributed by atoms with Crippen molar-refractivity contribution in [3.8, 4) is 0 Å². The summed E-state index contributed by atoms with van der Waals surface area (Å²) < 4.78 is 0. The molecule has 38 heavy (non-hydrogen) atoms. The first-order valence-corrected chi connectivity index (χ1v) is 14.3. The molecule has 3 aliphatic rings. The number of piperazine rings is 1. The van der Waals surface area contributed by atoms with Gasteiger partial charge in [-0.2, -0.15) is 0 Å². The van der Waals surface area contributed by atoms with Gasteiger partial charge in [0, 0.05) is 39.3 Å². The molecule has 0 unspecified atom stereocenters. The van der Waals surface area contributed by atoms with Crippen molar-refractivity contribution >= 4 is 28.9 Å². The zero-order valence-corrected chi connectivity index (χ0v) is 22.5. The maximum Gasteiger partial charge on any atom is 0.257 e. The predicted octanol–water partition coefficient (Wildman–Crippen LogP) is 3.38. The number of anilines is 3. The van der Waals surface area contributed by atoms with E-state index >= 15 is 0 Å². The molecule has 204 valence electrons. The first kappa shape index (κ1) is 26.8. The van der Waals surface area contributed by atoms with Crippen LogP contribution >= 0.6 is 0 Å². The van der Waals surface area contributed by atoms with E-state index in [1.54, 1.807) is 11.0 Å². The minimum absolute atomic E-state index is 0.00594. The number of unbranched alkanes of at least 4 members (excludes halogenated alkanes) is 1. The summed E-state index contributed by atoms with van der Waals surface area (Å²) in [6.45, 7) is 9.89. The molecular formula is C30H42N6O2. The van der Waals surface area contributed by atoms with E-state index in [9.17, 15) is 9.59 Å². The van der Waals surface area contributed by atoms with Crippen LogP contribution in [0.4, 0.5) is 17.1 Å². The summed E-state index contributed by atoms with van der Waals surface area (Å²) in [6, 6.07) is 14.9. The number of nitrogens with two attached hydrogens (primary N) is 1. The highest BCUT2D eigenvalue weighted by atomic mass is 16.2. The Morgan fingerprint density at radius 2 is 1.47 bits per heavy atom. The fourth-order valence-corrected chi connectivity index (χ4v) is 6.11. The molecule has 5 rings (SSSR count). The number of para-hydroxylation sites is 3. The Hall–Kier alpha value is -2.78. The zero-order chi connectivity index (χ0) is 26.3. The molecular weight excluding hydrogens is 476 g/mol. The molecule has 0 aliphatic carbocycles. The molecule has 0 saturated carbocycles. The first-order chi connectivity index (χ1) is 18.6. The van der Waals surface area contributed by atoms with Crippen LogP contribution < -0.4 is 16.0 Å². The summed E-state index contributed by atoms with van der Waals surface area (Å²) in [6.07, 6.45) is 6.15. The molecule has 8 heteroatoms. The van der Waals surface area contributed by atoms with Gasteiger partial charge in [-0.15, -0.1) is 0 Å². The second kappa shape index (κ2) is 12.8. The fraction of sp³-hybridized carbons (Fsp3) is 0.533. The summed E-state index contributed by atoms with van der Waals surface area (Å²) in [7, 11) is 0. The number of benzene rings is 2. The highest BCUT2D eigenvalue weighted by Gasteiger charge is 2.30. The van der Waals surface area contributed by atoms with Crippen molar-refractivity contribution in [2.24, 2.45) is 11.7 Å². The smallest absolute Gasteiger partial charge is 0.257 e. The van der Waals surface area contributed by atoms with Gasteiger partial charge < -0.3 is 16.0 Å². The minimum atomic E-state index is -0.182.